The number of rotatable bonds is 7. The van der Waals surface area contributed by atoms with Crippen molar-refractivity contribution in [2.75, 3.05) is 11.1 Å². The largest absolute Gasteiger partial charge is 0.397 e. The topological polar surface area (TPSA) is 81.4 Å². The summed E-state index contributed by atoms with van der Waals surface area (Å²) in [5.41, 5.74) is 9.68. The maximum Gasteiger partial charge on any atom is 0.327 e. The van der Waals surface area contributed by atoms with E-state index in [1.807, 2.05) is 48.7 Å². The first-order valence-corrected chi connectivity index (χ1v) is 10.00. The summed E-state index contributed by atoms with van der Waals surface area (Å²) in [6.45, 7) is 1.84. The van der Waals surface area contributed by atoms with Gasteiger partial charge in [-0.3, -0.25) is 9.32 Å². The molecule has 5 nitrogen and oxygen atoms in total. The summed E-state index contributed by atoms with van der Waals surface area (Å²) < 4.78 is 15.4. The molecule has 0 bridgehead atoms. The molecule has 138 valence electrons. The van der Waals surface area contributed by atoms with Crippen molar-refractivity contribution in [3.05, 3.63) is 71.1 Å². The van der Waals surface area contributed by atoms with E-state index in [1.165, 1.54) is 0 Å². The molecule has 1 heterocycles. The van der Waals surface area contributed by atoms with Gasteiger partial charge in [0.15, 0.2) is 0 Å². The Balaban J connectivity index is 1.72. The molecule has 1 atom stereocenters. The number of nitrogen functional groups attached to an aromatic ring is 1. The van der Waals surface area contributed by atoms with Crippen LogP contribution in [0.1, 0.15) is 22.8 Å². The molecule has 0 radical (unpaired) electrons. The monoisotopic (exact) mass is 398 g/mol. The molecule has 0 fully saturated rings. The van der Waals surface area contributed by atoms with Crippen molar-refractivity contribution in [3.8, 4) is 10.4 Å². The second-order valence-electron chi connectivity index (χ2n) is 6.13. The van der Waals surface area contributed by atoms with Gasteiger partial charge < -0.3 is 11.1 Å². The van der Waals surface area contributed by atoms with Crippen LogP contribution >= 0.6 is 20.0 Å². The second-order valence-corrected chi connectivity index (χ2v) is 7.43. The number of carbonyl (C=O) groups excluding carboxylic acids is 1. The smallest absolute Gasteiger partial charge is 0.327 e. The third-order valence-corrected chi connectivity index (χ3v) is 5.43. The summed E-state index contributed by atoms with van der Waals surface area (Å²) in [7, 11) is -0.327. The lowest BCUT2D eigenvalue weighted by Gasteiger charge is -2.11. The van der Waals surface area contributed by atoms with E-state index in [1.54, 1.807) is 29.5 Å². The van der Waals surface area contributed by atoms with E-state index >= 15 is 0 Å². The molecular formula is C20H19N2O3PS. The van der Waals surface area contributed by atoms with Crippen LogP contribution in [0.5, 0.6) is 0 Å². The van der Waals surface area contributed by atoms with Crippen molar-refractivity contribution >= 4 is 37.3 Å². The summed E-state index contributed by atoms with van der Waals surface area (Å²) in [4.78, 5) is 13.7. The Hall–Kier alpha value is -2.53. The molecule has 3 rings (SSSR count). The fourth-order valence-corrected chi connectivity index (χ4v) is 3.64. The number of anilines is 2. The molecule has 0 unspecified atom stereocenters. The van der Waals surface area contributed by atoms with Crippen LogP contribution in [0, 0.1) is 0 Å². The predicted octanol–water partition coefficient (Wildman–Crippen LogP) is 5.40. The number of benzene rings is 2. The number of hydrogen-bond donors (Lipinski definition) is 2. The van der Waals surface area contributed by atoms with E-state index in [-0.39, 0.29) is 20.7 Å². The summed E-state index contributed by atoms with van der Waals surface area (Å²) in [6.07, 6.45) is 0.455. The van der Waals surface area contributed by atoms with E-state index in [2.05, 4.69) is 5.32 Å². The summed E-state index contributed by atoms with van der Waals surface area (Å²) >= 11 is 1.63. The van der Waals surface area contributed by atoms with Crippen LogP contribution < -0.4 is 11.1 Å². The van der Waals surface area contributed by atoms with E-state index in [0.717, 1.165) is 16.0 Å². The van der Waals surface area contributed by atoms with Crippen molar-refractivity contribution < 1.29 is 13.9 Å². The molecule has 0 saturated carbocycles. The number of nitrogens with two attached hydrogens (primary N) is 1. The third kappa shape index (κ3) is 5.01. The van der Waals surface area contributed by atoms with Crippen LogP contribution in [0.3, 0.4) is 0 Å². The molecule has 0 aliphatic heterocycles. The fourth-order valence-electron chi connectivity index (χ4n) is 2.69. The molecule has 3 aromatic rings. The average molecular weight is 398 g/mol. The molecular weight excluding hydrogens is 379 g/mol. The number of thiophene rings is 1. The molecule has 0 saturated heterocycles. The highest BCUT2D eigenvalue weighted by Crippen LogP contribution is 2.30. The van der Waals surface area contributed by atoms with Crippen LogP contribution in [-0.2, 0) is 15.5 Å². The Morgan fingerprint density at radius 1 is 1.22 bits per heavy atom. The van der Waals surface area contributed by atoms with Crippen molar-refractivity contribution in [1.82, 2.24) is 0 Å². The molecule has 27 heavy (non-hydrogen) atoms. The molecule has 0 aliphatic rings. The molecule has 0 aliphatic carbocycles. The Labute approximate surface area is 163 Å². The third-order valence-electron chi connectivity index (χ3n) is 4.07. The number of amides is 1. The maximum absolute atomic E-state index is 12.6. The molecule has 0 spiro atoms. The molecule has 2 aromatic carbocycles. The lowest BCUT2D eigenvalue weighted by molar-refractivity contribution is 0.102. The summed E-state index contributed by atoms with van der Waals surface area (Å²) in [6, 6.07) is 16.9. The first-order valence-electron chi connectivity index (χ1n) is 8.39. The van der Waals surface area contributed by atoms with Gasteiger partial charge in [-0.05, 0) is 60.2 Å². The van der Waals surface area contributed by atoms with Gasteiger partial charge in [-0.1, -0.05) is 24.3 Å². The van der Waals surface area contributed by atoms with Gasteiger partial charge in [-0.2, -0.15) is 0 Å². The second kappa shape index (κ2) is 8.91. The van der Waals surface area contributed by atoms with Gasteiger partial charge in [0.25, 0.3) is 5.91 Å². The van der Waals surface area contributed by atoms with Gasteiger partial charge in [0.1, 0.15) is 0 Å². The van der Waals surface area contributed by atoms with Crippen LogP contribution in [0.25, 0.3) is 10.4 Å². The van der Waals surface area contributed by atoms with Gasteiger partial charge in [-0.25, -0.2) is 4.57 Å². The molecule has 7 heteroatoms. The first kappa shape index (κ1) is 19.2. The van der Waals surface area contributed by atoms with Gasteiger partial charge in [0.2, 0.25) is 0 Å². The standard InChI is InChI=1S/C20H19N2O3PS/c1-13(25-26-24)11-14-4-6-15(7-5-14)20(23)22-18-12-16(8-9-17(18)21)19-3-2-10-27-19/h2-10,12-13H,11,21H2,1H3,(H,22,23)/t13-/m1/s1. The number of carbonyl (C=O) groups is 1. The first-order chi connectivity index (χ1) is 13.1. The van der Waals surface area contributed by atoms with Gasteiger partial charge in [0, 0.05) is 10.4 Å². The van der Waals surface area contributed by atoms with Crippen molar-refractivity contribution in [2.45, 2.75) is 19.4 Å². The minimum Gasteiger partial charge on any atom is -0.397 e. The zero-order chi connectivity index (χ0) is 19.2. The normalized spacial score (nSPS) is 12.0. The van der Waals surface area contributed by atoms with Crippen LogP contribution in [-0.4, -0.2) is 12.0 Å². The minimum absolute atomic E-state index is 0.163. The van der Waals surface area contributed by atoms with E-state index in [0.29, 0.717) is 23.4 Å². The van der Waals surface area contributed by atoms with E-state index in [9.17, 15) is 9.36 Å². The number of hydrogen-bond acceptors (Lipinski definition) is 5. The maximum atomic E-state index is 12.6. The zero-order valence-electron chi connectivity index (χ0n) is 14.7. The quantitative estimate of drug-likeness (QED) is 0.412. The Morgan fingerprint density at radius 2 is 2.00 bits per heavy atom. The SMILES string of the molecule is C[C@H](Cc1ccc(C(=O)Nc2cc(-c3cccs3)ccc2N)cc1)OP=O. The van der Waals surface area contributed by atoms with Crippen LogP contribution in [0.15, 0.2) is 60.0 Å². The fraction of sp³-hybridized carbons (Fsp3) is 0.150. The van der Waals surface area contributed by atoms with Gasteiger partial charge in [0.05, 0.1) is 17.5 Å². The summed E-state index contributed by atoms with van der Waals surface area (Å²) in [5.74, 6) is -0.223. The molecule has 3 N–H and O–H groups in total. The van der Waals surface area contributed by atoms with Crippen molar-refractivity contribution in [1.29, 1.82) is 0 Å². The van der Waals surface area contributed by atoms with E-state index in [4.69, 9.17) is 10.3 Å². The predicted molar refractivity (Wildman–Crippen MR) is 110 cm³/mol. The zero-order valence-corrected chi connectivity index (χ0v) is 16.4. The van der Waals surface area contributed by atoms with Crippen molar-refractivity contribution in [3.63, 3.8) is 0 Å². The Bertz CT molecular complexity index is 927. The number of nitrogens with one attached hydrogen (secondary N) is 1. The molecule has 1 aromatic heterocycles. The highest BCUT2D eigenvalue weighted by atomic mass is 32.1. The summed E-state index contributed by atoms with van der Waals surface area (Å²) in [5, 5.41) is 4.89. The molecule has 1 amide bonds. The van der Waals surface area contributed by atoms with Crippen LogP contribution in [0.4, 0.5) is 11.4 Å². The lowest BCUT2D eigenvalue weighted by Crippen LogP contribution is -2.13. The highest BCUT2D eigenvalue weighted by molar-refractivity contribution is 7.17. The van der Waals surface area contributed by atoms with Crippen molar-refractivity contribution in [2.24, 2.45) is 0 Å². The average Bonchev–Trinajstić information content (AvgIpc) is 3.19. The highest BCUT2D eigenvalue weighted by Gasteiger charge is 2.11. The van der Waals surface area contributed by atoms with E-state index < -0.39 is 0 Å². The van der Waals surface area contributed by atoms with Gasteiger partial charge >= 0.3 is 8.69 Å². The minimum atomic E-state index is -0.327. The lowest BCUT2D eigenvalue weighted by atomic mass is 10.1. The Kier molecular flexibility index (Phi) is 6.35. The van der Waals surface area contributed by atoms with Crippen LogP contribution in [0.2, 0.25) is 0 Å². The van der Waals surface area contributed by atoms with Gasteiger partial charge in [-0.15, -0.1) is 11.3 Å². The Morgan fingerprint density at radius 3 is 2.67 bits per heavy atom.